The van der Waals surface area contributed by atoms with Crippen LogP contribution in [0.1, 0.15) is 31.7 Å². The lowest BCUT2D eigenvalue weighted by molar-refractivity contribution is -0.138. The third-order valence-corrected chi connectivity index (χ3v) is 2.85. The Kier molecular flexibility index (Phi) is 5.36. The topological polar surface area (TPSA) is 77.8 Å². The van der Waals surface area contributed by atoms with E-state index in [0.29, 0.717) is 5.92 Å². The van der Waals surface area contributed by atoms with Gasteiger partial charge in [0.2, 0.25) is 0 Å². The molecule has 0 saturated heterocycles. The van der Waals surface area contributed by atoms with E-state index in [4.69, 9.17) is 10.2 Å². The van der Waals surface area contributed by atoms with Crippen LogP contribution in [0.4, 0.5) is 5.69 Å². The van der Waals surface area contributed by atoms with Crippen LogP contribution in [0, 0.1) is 0 Å². The number of carboxylic acid groups (broad SMARTS) is 2. The van der Waals surface area contributed by atoms with Crippen molar-refractivity contribution in [3.63, 3.8) is 0 Å². The second-order valence-corrected chi connectivity index (χ2v) is 4.71. The maximum absolute atomic E-state index is 10.8. The molecule has 1 aromatic rings. The molecule has 0 spiro atoms. The van der Waals surface area contributed by atoms with Crippen molar-refractivity contribution in [2.45, 2.75) is 26.2 Å². The van der Waals surface area contributed by atoms with E-state index in [1.807, 2.05) is 24.3 Å². The summed E-state index contributed by atoms with van der Waals surface area (Å²) in [6.07, 6.45) is -0.0841. The van der Waals surface area contributed by atoms with Crippen molar-refractivity contribution in [3.05, 3.63) is 29.8 Å². The fourth-order valence-corrected chi connectivity index (χ4v) is 1.76. The molecule has 0 aromatic heterocycles. The maximum Gasteiger partial charge on any atom is 0.323 e. The van der Waals surface area contributed by atoms with Gasteiger partial charge in [0.05, 0.1) is 6.42 Å². The molecule has 1 aromatic carbocycles. The monoisotopic (exact) mass is 265 g/mol. The molecule has 0 aliphatic rings. The van der Waals surface area contributed by atoms with Gasteiger partial charge in [0.1, 0.15) is 6.54 Å². The lowest BCUT2D eigenvalue weighted by atomic mass is 10.0. The standard InChI is InChI=1S/C14H19NO4/c1-10(2)11-3-5-12(6-4-11)15(9-14(18)19)8-7-13(16)17/h3-6,10H,7-9H2,1-2H3,(H,16,17)(H,18,19). The largest absolute Gasteiger partial charge is 0.481 e. The molecule has 104 valence electrons. The number of rotatable bonds is 7. The van der Waals surface area contributed by atoms with Gasteiger partial charge in [0.15, 0.2) is 0 Å². The summed E-state index contributed by atoms with van der Waals surface area (Å²) in [5, 5.41) is 17.6. The highest BCUT2D eigenvalue weighted by Gasteiger charge is 2.12. The number of carbonyl (C=O) groups is 2. The molecule has 0 amide bonds. The fraction of sp³-hybridized carbons (Fsp3) is 0.429. The van der Waals surface area contributed by atoms with Crippen molar-refractivity contribution in [2.24, 2.45) is 0 Å². The van der Waals surface area contributed by atoms with Gasteiger partial charge in [0.25, 0.3) is 0 Å². The van der Waals surface area contributed by atoms with Crippen molar-refractivity contribution >= 4 is 17.6 Å². The Labute approximate surface area is 112 Å². The average molecular weight is 265 g/mol. The van der Waals surface area contributed by atoms with Gasteiger partial charge in [-0.25, -0.2) is 0 Å². The van der Waals surface area contributed by atoms with Gasteiger partial charge in [-0.05, 0) is 23.6 Å². The van der Waals surface area contributed by atoms with Crippen LogP contribution in [0.15, 0.2) is 24.3 Å². The van der Waals surface area contributed by atoms with Gasteiger partial charge in [-0.15, -0.1) is 0 Å². The first-order valence-corrected chi connectivity index (χ1v) is 6.18. The second kappa shape index (κ2) is 6.78. The second-order valence-electron chi connectivity index (χ2n) is 4.71. The summed E-state index contributed by atoms with van der Waals surface area (Å²) in [7, 11) is 0. The number of aliphatic carboxylic acids is 2. The van der Waals surface area contributed by atoms with Crippen LogP contribution in [-0.2, 0) is 9.59 Å². The molecule has 0 fully saturated rings. The predicted molar refractivity (Wildman–Crippen MR) is 72.6 cm³/mol. The van der Waals surface area contributed by atoms with E-state index in [1.54, 1.807) is 4.90 Å². The van der Waals surface area contributed by atoms with Crippen LogP contribution in [-0.4, -0.2) is 35.2 Å². The minimum absolute atomic E-state index is 0.0841. The van der Waals surface area contributed by atoms with E-state index in [2.05, 4.69) is 13.8 Å². The summed E-state index contributed by atoms with van der Waals surface area (Å²) in [6, 6.07) is 7.55. The van der Waals surface area contributed by atoms with Crippen molar-refractivity contribution in [3.8, 4) is 0 Å². The number of hydrogen-bond donors (Lipinski definition) is 2. The van der Waals surface area contributed by atoms with Gasteiger partial charge in [0, 0.05) is 12.2 Å². The molecule has 19 heavy (non-hydrogen) atoms. The fourth-order valence-electron chi connectivity index (χ4n) is 1.76. The predicted octanol–water partition coefficient (Wildman–Crippen LogP) is 2.18. The minimum atomic E-state index is -0.974. The third kappa shape index (κ3) is 4.99. The van der Waals surface area contributed by atoms with Crippen molar-refractivity contribution in [1.29, 1.82) is 0 Å². The molecule has 2 N–H and O–H groups in total. The lowest BCUT2D eigenvalue weighted by Crippen LogP contribution is -2.31. The highest BCUT2D eigenvalue weighted by molar-refractivity contribution is 5.74. The summed E-state index contributed by atoms with van der Waals surface area (Å²) in [5.74, 6) is -1.51. The SMILES string of the molecule is CC(C)c1ccc(N(CCC(=O)O)CC(=O)O)cc1. The van der Waals surface area contributed by atoms with Gasteiger partial charge in [-0.2, -0.15) is 0 Å². The Hall–Kier alpha value is -2.04. The van der Waals surface area contributed by atoms with Crippen LogP contribution < -0.4 is 4.90 Å². The summed E-state index contributed by atoms with van der Waals surface area (Å²) in [6.45, 7) is 4.14. The Bertz CT molecular complexity index is 439. The Balaban J connectivity index is 2.83. The first-order chi connectivity index (χ1) is 8.90. The summed E-state index contributed by atoms with van der Waals surface area (Å²) >= 11 is 0. The van der Waals surface area contributed by atoms with E-state index in [0.717, 1.165) is 11.3 Å². The van der Waals surface area contributed by atoms with E-state index in [1.165, 1.54) is 0 Å². The molecule has 0 aliphatic heterocycles. The molecule has 0 heterocycles. The summed E-state index contributed by atoms with van der Waals surface area (Å²) in [5.41, 5.74) is 1.89. The number of anilines is 1. The van der Waals surface area contributed by atoms with E-state index < -0.39 is 11.9 Å². The molecule has 0 atom stereocenters. The molecule has 0 bridgehead atoms. The van der Waals surface area contributed by atoms with Crippen LogP contribution in [0.5, 0.6) is 0 Å². The molecule has 1 rings (SSSR count). The average Bonchev–Trinajstić information content (AvgIpc) is 2.34. The first-order valence-electron chi connectivity index (χ1n) is 6.18. The highest BCUT2D eigenvalue weighted by atomic mass is 16.4. The Morgan fingerprint density at radius 1 is 1.11 bits per heavy atom. The highest BCUT2D eigenvalue weighted by Crippen LogP contribution is 2.20. The van der Waals surface area contributed by atoms with Crippen molar-refractivity contribution in [1.82, 2.24) is 0 Å². The van der Waals surface area contributed by atoms with Crippen LogP contribution in [0.25, 0.3) is 0 Å². The van der Waals surface area contributed by atoms with E-state index >= 15 is 0 Å². The zero-order valence-corrected chi connectivity index (χ0v) is 11.2. The van der Waals surface area contributed by atoms with Gasteiger partial charge in [-0.3, -0.25) is 9.59 Å². The number of carboxylic acids is 2. The normalized spacial score (nSPS) is 10.5. The Morgan fingerprint density at radius 2 is 1.68 bits per heavy atom. The van der Waals surface area contributed by atoms with Gasteiger partial charge < -0.3 is 15.1 Å². The maximum atomic E-state index is 10.8. The Morgan fingerprint density at radius 3 is 2.11 bits per heavy atom. The van der Waals surface area contributed by atoms with Crippen molar-refractivity contribution in [2.75, 3.05) is 18.0 Å². The third-order valence-electron chi connectivity index (χ3n) is 2.85. The summed E-state index contributed by atoms with van der Waals surface area (Å²) < 4.78 is 0. The lowest BCUT2D eigenvalue weighted by Gasteiger charge is -2.22. The number of benzene rings is 1. The summed E-state index contributed by atoms with van der Waals surface area (Å²) in [4.78, 5) is 23.0. The van der Waals surface area contributed by atoms with Crippen LogP contribution >= 0.6 is 0 Å². The molecule has 0 saturated carbocycles. The van der Waals surface area contributed by atoms with E-state index in [9.17, 15) is 9.59 Å². The number of nitrogens with zero attached hydrogens (tertiary/aromatic N) is 1. The zero-order valence-electron chi connectivity index (χ0n) is 11.2. The molecule has 5 heteroatoms. The molecule has 0 unspecified atom stereocenters. The van der Waals surface area contributed by atoms with Crippen LogP contribution in [0.3, 0.4) is 0 Å². The molecule has 0 aliphatic carbocycles. The van der Waals surface area contributed by atoms with Gasteiger partial charge >= 0.3 is 11.9 Å². The zero-order chi connectivity index (χ0) is 14.4. The molecule has 0 radical (unpaired) electrons. The van der Waals surface area contributed by atoms with Crippen LogP contribution in [0.2, 0.25) is 0 Å². The number of hydrogen-bond acceptors (Lipinski definition) is 3. The molecule has 5 nitrogen and oxygen atoms in total. The quantitative estimate of drug-likeness (QED) is 0.790. The molecular formula is C14H19NO4. The minimum Gasteiger partial charge on any atom is -0.481 e. The first kappa shape index (κ1) is 15.0. The smallest absolute Gasteiger partial charge is 0.323 e. The molecular weight excluding hydrogens is 246 g/mol. The van der Waals surface area contributed by atoms with Crippen molar-refractivity contribution < 1.29 is 19.8 Å². The van der Waals surface area contributed by atoms with E-state index in [-0.39, 0.29) is 19.5 Å². The van der Waals surface area contributed by atoms with Gasteiger partial charge in [-0.1, -0.05) is 26.0 Å².